The zero-order chi connectivity index (χ0) is 22.8. The Labute approximate surface area is 195 Å². The normalized spacial score (nSPS) is 11.0. The Morgan fingerprint density at radius 2 is 1.70 bits per heavy atom. The number of aryl methyl sites for hydroxylation is 1. The highest BCUT2D eigenvalue weighted by Gasteiger charge is 2.14. The van der Waals surface area contributed by atoms with Crippen LogP contribution in [-0.4, -0.2) is 17.1 Å². The van der Waals surface area contributed by atoms with Crippen LogP contribution in [0.15, 0.2) is 83.7 Å². The van der Waals surface area contributed by atoms with E-state index in [2.05, 4.69) is 18.0 Å². The maximum atomic E-state index is 12.8. The largest absolute Gasteiger partial charge is 0.493 e. The first-order valence-electron chi connectivity index (χ1n) is 10.6. The fourth-order valence-corrected chi connectivity index (χ4v) is 4.71. The van der Waals surface area contributed by atoms with Gasteiger partial charge in [0, 0.05) is 10.4 Å². The molecule has 0 saturated carbocycles. The first kappa shape index (κ1) is 21.0. The molecule has 5 rings (SSSR count). The quantitative estimate of drug-likeness (QED) is 0.331. The van der Waals surface area contributed by atoms with E-state index >= 15 is 0 Å². The molecule has 0 aliphatic carbocycles. The van der Waals surface area contributed by atoms with Gasteiger partial charge in [0.25, 0.3) is 5.56 Å². The molecular weight excluding hydrogens is 432 g/mol. The summed E-state index contributed by atoms with van der Waals surface area (Å²) in [4.78, 5) is 22.1. The number of aromatic amines is 1. The molecule has 2 heterocycles. The number of ether oxygens (including phenoxy) is 2. The Morgan fingerprint density at radius 1 is 0.909 bits per heavy atom. The van der Waals surface area contributed by atoms with Gasteiger partial charge in [-0.05, 0) is 47.9 Å². The Kier molecular flexibility index (Phi) is 5.67. The van der Waals surface area contributed by atoms with Crippen LogP contribution in [0, 0.1) is 6.92 Å². The predicted molar refractivity (Wildman–Crippen MR) is 133 cm³/mol. The molecule has 5 nitrogen and oxygen atoms in total. The summed E-state index contributed by atoms with van der Waals surface area (Å²) in [6.45, 7) is 2.51. The lowest BCUT2D eigenvalue weighted by molar-refractivity contribution is 0.284. The van der Waals surface area contributed by atoms with Gasteiger partial charge < -0.3 is 14.5 Å². The molecular formula is C27H22N2O3S. The average molecular weight is 455 g/mol. The molecule has 6 heteroatoms. The van der Waals surface area contributed by atoms with Crippen molar-refractivity contribution in [2.45, 2.75) is 13.5 Å². The van der Waals surface area contributed by atoms with Crippen LogP contribution in [0.5, 0.6) is 11.5 Å². The lowest BCUT2D eigenvalue weighted by atomic mass is 10.1. The highest BCUT2D eigenvalue weighted by molar-refractivity contribution is 7.21. The molecule has 5 aromatic rings. The van der Waals surface area contributed by atoms with Gasteiger partial charge >= 0.3 is 0 Å². The molecule has 0 aliphatic heterocycles. The van der Waals surface area contributed by atoms with Crippen molar-refractivity contribution in [3.63, 3.8) is 0 Å². The number of hydrogen-bond acceptors (Lipinski definition) is 5. The van der Waals surface area contributed by atoms with Gasteiger partial charge in [0.05, 0.1) is 12.5 Å². The summed E-state index contributed by atoms with van der Waals surface area (Å²) in [5, 5.41) is 0.591. The monoisotopic (exact) mass is 454 g/mol. The summed E-state index contributed by atoms with van der Waals surface area (Å²) in [6.07, 6.45) is 0. The van der Waals surface area contributed by atoms with E-state index in [1.54, 1.807) is 7.11 Å². The standard InChI is InChI=1S/C27H22N2O3S/c1-17-8-6-7-11-20(17)16-32-22-13-12-19(14-23(22)31-2)25-28-26(30)21-15-24(33-27(21)29-25)18-9-4-3-5-10-18/h3-15H,16H2,1-2H3,(H,28,29,30). The molecule has 0 spiro atoms. The van der Waals surface area contributed by atoms with Crippen LogP contribution in [0.2, 0.25) is 0 Å². The molecule has 164 valence electrons. The maximum Gasteiger partial charge on any atom is 0.259 e. The smallest absolute Gasteiger partial charge is 0.259 e. The first-order valence-corrected chi connectivity index (χ1v) is 11.4. The molecule has 0 radical (unpaired) electrons. The van der Waals surface area contributed by atoms with Crippen molar-refractivity contribution in [2.75, 3.05) is 7.11 Å². The van der Waals surface area contributed by atoms with Gasteiger partial charge in [-0.3, -0.25) is 4.79 Å². The van der Waals surface area contributed by atoms with Crippen molar-refractivity contribution < 1.29 is 9.47 Å². The highest BCUT2D eigenvalue weighted by Crippen LogP contribution is 2.34. The lowest BCUT2D eigenvalue weighted by Gasteiger charge is -2.13. The minimum Gasteiger partial charge on any atom is -0.493 e. The fraction of sp³-hybridized carbons (Fsp3) is 0.111. The average Bonchev–Trinajstić information content (AvgIpc) is 3.29. The minimum absolute atomic E-state index is 0.160. The number of nitrogens with zero attached hydrogens (tertiary/aromatic N) is 1. The Hall–Kier alpha value is -3.90. The number of aromatic nitrogens is 2. The molecule has 0 amide bonds. The molecule has 2 aromatic heterocycles. The van der Waals surface area contributed by atoms with Crippen molar-refractivity contribution in [3.05, 3.63) is 100 Å². The van der Waals surface area contributed by atoms with E-state index in [0.29, 0.717) is 34.1 Å². The minimum atomic E-state index is -0.160. The van der Waals surface area contributed by atoms with E-state index < -0.39 is 0 Å². The Balaban J connectivity index is 1.46. The van der Waals surface area contributed by atoms with Crippen molar-refractivity contribution >= 4 is 21.6 Å². The third kappa shape index (κ3) is 4.25. The lowest BCUT2D eigenvalue weighted by Crippen LogP contribution is -2.08. The summed E-state index contributed by atoms with van der Waals surface area (Å²) < 4.78 is 11.6. The maximum absolute atomic E-state index is 12.8. The van der Waals surface area contributed by atoms with Gasteiger partial charge in [0.2, 0.25) is 0 Å². The van der Waals surface area contributed by atoms with Crippen LogP contribution in [0.4, 0.5) is 0 Å². The van der Waals surface area contributed by atoms with Crippen molar-refractivity contribution in [2.24, 2.45) is 0 Å². The van der Waals surface area contributed by atoms with Gasteiger partial charge in [-0.1, -0.05) is 54.6 Å². The van der Waals surface area contributed by atoms with Crippen molar-refractivity contribution in [1.82, 2.24) is 9.97 Å². The third-order valence-electron chi connectivity index (χ3n) is 5.54. The molecule has 0 saturated heterocycles. The van der Waals surface area contributed by atoms with E-state index in [4.69, 9.17) is 14.5 Å². The topological polar surface area (TPSA) is 64.2 Å². The number of benzene rings is 3. The number of H-pyrrole nitrogens is 1. The van der Waals surface area contributed by atoms with Gasteiger partial charge in [0.1, 0.15) is 17.3 Å². The second-order valence-corrected chi connectivity index (χ2v) is 8.72. The number of methoxy groups -OCH3 is 1. The van der Waals surface area contributed by atoms with Crippen LogP contribution in [0.25, 0.3) is 32.0 Å². The van der Waals surface area contributed by atoms with E-state index in [-0.39, 0.29) is 5.56 Å². The van der Waals surface area contributed by atoms with Gasteiger partial charge in [-0.2, -0.15) is 0 Å². The molecule has 0 atom stereocenters. The summed E-state index contributed by atoms with van der Waals surface area (Å²) in [6, 6.07) is 25.6. The van der Waals surface area contributed by atoms with Crippen LogP contribution in [-0.2, 0) is 6.61 Å². The second kappa shape index (κ2) is 8.92. The molecule has 0 aliphatic rings. The second-order valence-electron chi connectivity index (χ2n) is 7.69. The molecule has 1 N–H and O–H groups in total. The zero-order valence-electron chi connectivity index (χ0n) is 18.3. The predicted octanol–water partition coefficient (Wildman–Crippen LogP) is 6.21. The fourth-order valence-electron chi connectivity index (χ4n) is 3.67. The zero-order valence-corrected chi connectivity index (χ0v) is 19.1. The van der Waals surface area contributed by atoms with Gasteiger partial charge in [-0.15, -0.1) is 11.3 Å². The number of thiophene rings is 1. The highest BCUT2D eigenvalue weighted by atomic mass is 32.1. The van der Waals surface area contributed by atoms with Gasteiger partial charge in [0.15, 0.2) is 11.5 Å². The molecule has 3 aromatic carbocycles. The van der Waals surface area contributed by atoms with E-state index in [1.807, 2.05) is 72.8 Å². The SMILES string of the molecule is COc1cc(-c2nc3sc(-c4ccccc4)cc3c(=O)[nH]2)ccc1OCc1ccccc1C. The van der Waals surface area contributed by atoms with E-state index in [9.17, 15) is 4.79 Å². The molecule has 0 unspecified atom stereocenters. The Bertz CT molecular complexity index is 1490. The summed E-state index contributed by atoms with van der Waals surface area (Å²) >= 11 is 1.51. The van der Waals surface area contributed by atoms with Crippen LogP contribution in [0.1, 0.15) is 11.1 Å². The van der Waals surface area contributed by atoms with E-state index in [1.165, 1.54) is 16.9 Å². The third-order valence-corrected chi connectivity index (χ3v) is 6.62. The number of rotatable bonds is 6. The molecule has 0 bridgehead atoms. The van der Waals surface area contributed by atoms with Crippen molar-refractivity contribution in [1.29, 1.82) is 0 Å². The first-order chi connectivity index (χ1) is 16.1. The molecule has 0 fully saturated rings. The van der Waals surface area contributed by atoms with Crippen molar-refractivity contribution in [3.8, 4) is 33.3 Å². The Morgan fingerprint density at radius 3 is 2.48 bits per heavy atom. The van der Waals surface area contributed by atoms with Crippen LogP contribution >= 0.6 is 11.3 Å². The summed E-state index contributed by atoms with van der Waals surface area (Å²) in [5.41, 5.74) is 3.95. The summed E-state index contributed by atoms with van der Waals surface area (Å²) in [5.74, 6) is 1.72. The number of nitrogens with one attached hydrogen (secondary N) is 1. The van der Waals surface area contributed by atoms with Crippen LogP contribution in [0.3, 0.4) is 0 Å². The number of fused-ring (bicyclic) bond motifs is 1. The van der Waals surface area contributed by atoms with E-state index in [0.717, 1.165) is 21.6 Å². The summed E-state index contributed by atoms with van der Waals surface area (Å²) in [7, 11) is 1.60. The van der Waals surface area contributed by atoms with Crippen LogP contribution < -0.4 is 15.0 Å². The van der Waals surface area contributed by atoms with Gasteiger partial charge in [-0.25, -0.2) is 4.98 Å². The molecule has 33 heavy (non-hydrogen) atoms. The number of hydrogen-bond donors (Lipinski definition) is 1.